The van der Waals surface area contributed by atoms with Crippen LogP contribution < -0.4 is 10.9 Å². The fraction of sp³-hybridized carbons (Fsp3) is 0.250. The highest BCUT2D eigenvalue weighted by Crippen LogP contribution is 2.25. The molecule has 146 valence electrons. The summed E-state index contributed by atoms with van der Waals surface area (Å²) in [6.07, 6.45) is 0. The summed E-state index contributed by atoms with van der Waals surface area (Å²) in [6.45, 7) is 7.79. The summed E-state index contributed by atoms with van der Waals surface area (Å²) in [4.78, 5) is 25.0. The average Bonchev–Trinajstić information content (AvgIpc) is 3.19. The lowest BCUT2D eigenvalue weighted by molar-refractivity contribution is 0.0843. The van der Waals surface area contributed by atoms with Crippen LogP contribution in [0.2, 0.25) is 0 Å². The van der Waals surface area contributed by atoms with Gasteiger partial charge in [-0.15, -0.1) is 0 Å². The van der Waals surface area contributed by atoms with E-state index in [1.165, 1.54) is 0 Å². The lowest BCUT2D eigenvalue weighted by Gasteiger charge is -2.10. The van der Waals surface area contributed by atoms with Gasteiger partial charge in [-0.05, 0) is 53.9 Å². The van der Waals surface area contributed by atoms with Crippen LogP contribution in [-0.2, 0) is 0 Å². The van der Waals surface area contributed by atoms with Gasteiger partial charge < -0.3 is 4.57 Å². The Balaban J connectivity index is 1.75. The Morgan fingerprint density at radius 3 is 2.36 bits per heavy atom. The van der Waals surface area contributed by atoms with Gasteiger partial charge in [-0.1, -0.05) is 32.0 Å². The number of amides is 2. The maximum absolute atomic E-state index is 12.6. The molecular weight excluding hydrogens is 422 g/mol. The van der Waals surface area contributed by atoms with E-state index in [2.05, 4.69) is 37.0 Å². The van der Waals surface area contributed by atoms with Crippen molar-refractivity contribution >= 4 is 27.7 Å². The zero-order chi connectivity index (χ0) is 20.4. The van der Waals surface area contributed by atoms with E-state index < -0.39 is 5.91 Å². The van der Waals surface area contributed by atoms with E-state index in [1.807, 2.05) is 62.6 Å². The van der Waals surface area contributed by atoms with Crippen LogP contribution in [0.5, 0.6) is 0 Å². The molecule has 0 saturated carbocycles. The van der Waals surface area contributed by atoms with E-state index in [1.54, 1.807) is 6.07 Å². The number of rotatable bonds is 4. The number of aromatic amines is 1. The predicted octanol–water partition coefficient (Wildman–Crippen LogP) is 3.78. The topological polar surface area (TPSA) is 91.8 Å². The number of nitrogens with one attached hydrogen (secondary N) is 3. The molecule has 0 aliphatic carbocycles. The largest absolute Gasteiger partial charge is 0.318 e. The van der Waals surface area contributed by atoms with E-state index in [0.717, 1.165) is 22.8 Å². The highest BCUT2D eigenvalue weighted by Gasteiger charge is 2.21. The van der Waals surface area contributed by atoms with Crippen molar-refractivity contribution in [3.05, 3.63) is 69.2 Å². The summed E-state index contributed by atoms with van der Waals surface area (Å²) >= 11 is 3.38. The third kappa shape index (κ3) is 3.73. The van der Waals surface area contributed by atoms with Crippen molar-refractivity contribution in [3.8, 4) is 5.69 Å². The second kappa shape index (κ2) is 8.02. The van der Waals surface area contributed by atoms with Crippen molar-refractivity contribution in [3.63, 3.8) is 0 Å². The molecule has 0 aliphatic rings. The number of carbonyl (C=O) groups is 2. The molecule has 0 radical (unpaired) electrons. The number of benzene rings is 1. The molecule has 2 aromatic heterocycles. The van der Waals surface area contributed by atoms with Crippen LogP contribution in [0.1, 0.15) is 57.7 Å². The zero-order valence-electron chi connectivity index (χ0n) is 16.1. The van der Waals surface area contributed by atoms with Gasteiger partial charge in [0, 0.05) is 17.1 Å². The van der Waals surface area contributed by atoms with Gasteiger partial charge in [-0.3, -0.25) is 25.5 Å². The van der Waals surface area contributed by atoms with E-state index in [-0.39, 0.29) is 17.5 Å². The molecular formula is C20H22BrN5O2. The van der Waals surface area contributed by atoms with Crippen LogP contribution in [0.3, 0.4) is 0 Å². The molecule has 8 heteroatoms. The minimum Gasteiger partial charge on any atom is -0.318 e. The van der Waals surface area contributed by atoms with Gasteiger partial charge in [0.2, 0.25) is 0 Å². The number of aryl methyl sites for hydroxylation is 1. The number of hydrazine groups is 1. The predicted molar refractivity (Wildman–Crippen MR) is 111 cm³/mol. The molecule has 1 aromatic carbocycles. The Morgan fingerprint density at radius 1 is 1.11 bits per heavy atom. The number of carbonyl (C=O) groups excluding carboxylic acids is 2. The molecule has 0 aliphatic heterocycles. The van der Waals surface area contributed by atoms with Crippen molar-refractivity contribution in [1.29, 1.82) is 0 Å². The Labute approximate surface area is 171 Å². The minimum atomic E-state index is -0.500. The summed E-state index contributed by atoms with van der Waals surface area (Å²) in [7, 11) is 0. The lowest BCUT2D eigenvalue weighted by Crippen LogP contribution is -2.42. The maximum Gasteiger partial charge on any atom is 0.291 e. The summed E-state index contributed by atoms with van der Waals surface area (Å²) in [5.41, 5.74) is 9.09. The zero-order valence-corrected chi connectivity index (χ0v) is 17.7. The lowest BCUT2D eigenvalue weighted by atomic mass is 10.1. The first-order valence-corrected chi connectivity index (χ1v) is 9.69. The monoisotopic (exact) mass is 443 g/mol. The van der Waals surface area contributed by atoms with Crippen molar-refractivity contribution in [2.24, 2.45) is 0 Å². The number of H-pyrrole nitrogens is 1. The van der Waals surface area contributed by atoms with Crippen LogP contribution in [0.25, 0.3) is 5.69 Å². The first kappa shape index (κ1) is 19.9. The first-order valence-electron chi connectivity index (χ1n) is 8.90. The van der Waals surface area contributed by atoms with Gasteiger partial charge in [-0.25, -0.2) is 0 Å². The van der Waals surface area contributed by atoms with Gasteiger partial charge in [0.25, 0.3) is 11.8 Å². The molecule has 0 spiro atoms. The minimum absolute atomic E-state index is 0.182. The fourth-order valence-electron chi connectivity index (χ4n) is 3.08. The number of hydrogen-bond donors (Lipinski definition) is 3. The number of nitrogens with zero attached hydrogens (tertiary/aromatic N) is 2. The second-order valence-corrected chi connectivity index (χ2v) is 7.61. The standard InChI is InChI=1S/C20H22BrN5O2/c1-11(2)17-16(21)18(23-22-17)20(28)25-24-19(27)15-10-12(3)26(13(15)4)14-8-6-5-7-9-14/h5-11H,1-4H3,(H,22,23)(H,24,27)(H,25,28). The van der Waals surface area contributed by atoms with Gasteiger partial charge in [0.1, 0.15) is 0 Å². The highest BCUT2D eigenvalue weighted by atomic mass is 79.9. The third-order valence-electron chi connectivity index (χ3n) is 4.50. The highest BCUT2D eigenvalue weighted by molar-refractivity contribution is 9.10. The van der Waals surface area contributed by atoms with E-state index in [9.17, 15) is 9.59 Å². The molecule has 3 N–H and O–H groups in total. The van der Waals surface area contributed by atoms with Crippen LogP contribution in [0, 0.1) is 13.8 Å². The Hall–Kier alpha value is -2.87. The van der Waals surface area contributed by atoms with Crippen LogP contribution >= 0.6 is 15.9 Å². The quantitative estimate of drug-likeness (QED) is 0.535. The SMILES string of the molecule is Cc1cc(C(=O)NNC(=O)c2n[nH]c(C(C)C)c2Br)c(C)n1-c1ccccc1. The Morgan fingerprint density at radius 2 is 1.75 bits per heavy atom. The van der Waals surface area contributed by atoms with Gasteiger partial charge in [0.05, 0.1) is 15.7 Å². The van der Waals surface area contributed by atoms with E-state index in [4.69, 9.17) is 0 Å². The van der Waals surface area contributed by atoms with Gasteiger partial charge in [0.15, 0.2) is 5.69 Å². The molecule has 2 amide bonds. The Kier molecular flexibility index (Phi) is 5.69. The molecule has 7 nitrogen and oxygen atoms in total. The van der Waals surface area contributed by atoms with E-state index in [0.29, 0.717) is 10.0 Å². The number of hydrogen-bond acceptors (Lipinski definition) is 3. The van der Waals surface area contributed by atoms with Crippen molar-refractivity contribution in [1.82, 2.24) is 25.6 Å². The van der Waals surface area contributed by atoms with E-state index >= 15 is 0 Å². The van der Waals surface area contributed by atoms with Crippen molar-refractivity contribution in [2.75, 3.05) is 0 Å². The van der Waals surface area contributed by atoms with Gasteiger partial charge in [-0.2, -0.15) is 5.10 Å². The number of aromatic nitrogens is 3. The van der Waals surface area contributed by atoms with Crippen molar-refractivity contribution in [2.45, 2.75) is 33.6 Å². The summed E-state index contributed by atoms with van der Waals surface area (Å²) in [5, 5.41) is 6.86. The average molecular weight is 444 g/mol. The Bertz CT molecular complexity index is 1020. The summed E-state index contributed by atoms with van der Waals surface area (Å²) in [5.74, 6) is -0.707. The molecule has 0 bridgehead atoms. The number of halogens is 1. The van der Waals surface area contributed by atoms with Gasteiger partial charge >= 0.3 is 0 Å². The normalized spacial score (nSPS) is 10.9. The van der Waals surface area contributed by atoms with Crippen LogP contribution in [0.15, 0.2) is 40.9 Å². The molecule has 0 atom stereocenters. The van der Waals surface area contributed by atoms with Crippen molar-refractivity contribution < 1.29 is 9.59 Å². The molecule has 3 aromatic rings. The first-order chi connectivity index (χ1) is 13.3. The second-order valence-electron chi connectivity index (χ2n) is 6.82. The van der Waals surface area contributed by atoms with Crippen LogP contribution in [0.4, 0.5) is 0 Å². The van der Waals surface area contributed by atoms with Crippen LogP contribution in [-0.4, -0.2) is 26.6 Å². The summed E-state index contributed by atoms with van der Waals surface area (Å²) < 4.78 is 2.59. The smallest absolute Gasteiger partial charge is 0.291 e. The molecule has 0 saturated heterocycles. The molecule has 3 rings (SSSR count). The molecule has 0 unspecified atom stereocenters. The molecule has 0 fully saturated rings. The summed E-state index contributed by atoms with van der Waals surface area (Å²) in [6, 6.07) is 11.6. The maximum atomic E-state index is 12.6. The third-order valence-corrected chi connectivity index (χ3v) is 5.31. The molecule has 2 heterocycles. The molecule has 28 heavy (non-hydrogen) atoms. The number of para-hydroxylation sites is 1. The fourth-order valence-corrected chi connectivity index (χ4v) is 3.90.